The summed E-state index contributed by atoms with van der Waals surface area (Å²) >= 11 is 0. The summed E-state index contributed by atoms with van der Waals surface area (Å²) < 4.78 is 6.57. The fraction of sp³-hybridized carbons (Fsp3) is 0.154. The SMILES string of the molecule is CC(C)(C)C1(C)c2ccccc2-c2cc3oc4cc(-c5nc(-c6ccccc6)nc(-c6ccccc6)n5)ccc4c3cc21. The van der Waals surface area contributed by atoms with Crippen molar-refractivity contribution in [2.75, 3.05) is 0 Å². The molecule has 0 saturated heterocycles. The monoisotopic (exact) mass is 557 g/mol. The van der Waals surface area contributed by atoms with Crippen LogP contribution in [0.15, 0.2) is 120 Å². The molecule has 1 unspecified atom stereocenters. The Hall–Kier alpha value is -5.09. The summed E-state index contributed by atoms with van der Waals surface area (Å²) in [5, 5.41) is 2.23. The average molecular weight is 558 g/mol. The zero-order chi connectivity index (χ0) is 29.3. The Balaban J connectivity index is 1.31. The molecule has 1 aliphatic rings. The van der Waals surface area contributed by atoms with Crippen molar-refractivity contribution in [2.45, 2.75) is 33.1 Å². The van der Waals surface area contributed by atoms with Crippen LogP contribution in [0.5, 0.6) is 0 Å². The molecule has 1 atom stereocenters. The summed E-state index contributed by atoms with van der Waals surface area (Å²) in [7, 11) is 0. The Labute approximate surface area is 251 Å². The van der Waals surface area contributed by atoms with Crippen molar-refractivity contribution in [3.63, 3.8) is 0 Å². The zero-order valence-electron chi connectivity index (χ0n) is 24.7. The molecular weight excluding hydrogens is 526 g/mol. The van der Waals surface area contributed by atoms with Crippen molar-refractivity contribution < 1.29 is 4.42 Å². The van der Waals surface area contributed by atoms with Crippen LogP contribution in [0, 0.1) is 5.41 Å². The summed E-state index contributed by atoms with van der Waals surface area (Å²) in [6.07, 6.45) is 0. The van der Waals surface area contributed by atoms with E-state index < -0.39 is 0 Å². The average Bonchev–Trinajstić information content (AvgIpc) is 3.53. The highest BCUT2D eigenvalue weighted by molar-refractivity contribution is 6.08. The minimum absolute atomic E-state index is 0.0281. The van der Waals surface area contributed by atoms with Gasteiger partial charge in [-0.1, -0.05) is 119 Å². The third-order valence-electron chi connectivity index (χ3n) is 9.36. The molecule has 0 spiro atoms. The van der Waals surface area contributed by atoms with Crippen molar-refractivity contribution in [3.8, 4) is 45.3 Å². The molecule has 0 N–H and O–H groups in total. The van der Waals surface area contributed by atoms with Crippen LogP contribution in [0.4, 0.5) is 0 Å². The van der Waals surface area contributed by atoms with E-state index in [0.29, 0.717) is 17.5 Å². The van der Waals surface area contributed by atoms with Gasteiger partial charge in [0.25, 0.3) is 0 Å². The minimum Gasteiger partial charge on any atom is -0.456 e. The highest BCUT2D eigenvalue weighted by atomic mass is 16.3. The largest absolute Gasteiger partial charge is 0.456 e. The standard InChI is InChI=1S/C39H31N3O/c1-38(2,3)39(4)31-18-12-11-17-27(31)29-23-34-30(22-32(29)39)28-20-19-26(21-33(28)43-34)37-41-35(24-13-7-5-8-14-24)40-36(42-37)25-15-9-6-10-16-25/h5-23H,1-4H3. The van der Waals surface area contributed by atoms with E-state index in [1.165, 1.54) is 22.3 Å². The van der Waals surface area contributed by atoms with Crippen molar-refractivity contribution in [1.29, 1.82) is 0 Å². The van der Waals surface area contributed by atoms with Gasteiger partial charge in [-0.2, -0.15) is 0 Å². The second-order valence-corrected chi connectivity index (χ2v) is 12.7. The molecule has 2 aromatic heterocycles. The lowest BCUT2D eigenvalue weighted by molar-refractivity contribution is 0.255. The predicted molar refractivity (Wildman–Crippen MR) is 175 cm³/mol. The van der Waals surface area contributed by atoms with E-state index >= 15 is 0 Å². The number of hydrogen-bond donors (Lipinski definition) is 0. The van der Waals surface area contributed by atoms with Crippen LogP contribution in [-0.2, 0) is 5.41 Å². The Bertz CT molecular complexity index is 2120. The van der Waals surface area contributed by atoms with Crippen LogP contribution in [0.25, 0.3) is 67.2 Å². The maximum absolute atomic E-state index is 6.57. The van der Waals surface area contributed by atoms with E-state index in [2.05, 4.69) is 82.3 Å². The quantitative estimate of drug-likeness (QED) is 0.217. The normalized spacial score (nSPS) is 16.0. The van der Waals surface area contributed by atoms with Gasteiger partial charge in [0.15, 0.2) is 17.5 Å². The lowest BCUT2D eigenvalue weighted by Crippen LogP contribution is -2.36. The molecule has 0 bridgehead atoms. The molecule has 2 heterocycles. The maximum Gasteiger partial charge on any atom is 0.164 e. The molecule has 0 fully saturated rings. The van der Waals surface area contributed by atoms with E-state index in [4.69, 9.17) is 19.4 Å². The second-order valence-electron chi connectivity index (χ2n) is 12.7. The van der Waals surface area contributed by atoms with Gasteiger partial charge in [-0.25, -0.2) is 15.0 Å². The lowest BCUT2D eigenvalue weighted by atomic mass is 9.62. The Morgan fingerprint density at radius 3 is 1.70 bits per heavy atom. The van der Waals surface area contributed by atoms with Crippen LogP contribution in [0.2, 0.25) is 0 Å². The van der Waals surface area contributed by atoms with Crippen LogP contribution in [0.1, 0.15) is 38.8 Å². The van der Waals surface area contributed by atoms with Gasteiger partial charge in [0.2, 0.25) is 0 Å². The van der Waals surface area contributed by atoms with Gasteiger partial charge in [0.05, 0.1) is 0 Å². The molecule has 7 aromatic rings. The highest BCUT2D eigenvalue weighted by Crippen LogP contribution is 2.58. The lowest BCUT2D eigenvalue weighted by Gasteiger charge is -2.41. The first-order valence-electron chi connectivity index (χ1n) is 14.8. The van der Waals surface area contributed by atoms with Gasteiger partial charge in [-0.3, -0.25) is 0 Å². The number of furan rings is 1. The first-order chi connectivity index (χ1) is 20.8. The molecule has 208 valence electrons. The fourth-order valence-electron chi connectivity index (χ4n) is 6.64. The van der Waals surface area contributed by atoms with Gasteiger partial charge in [0, 0.05) is 32.9 Å². The van der Waals surface area contributed by atoms with Crippen molar-refractivity contribution >= 4 is 21.9 Å². The van der Waals surface area contributed by atoms with E-state index in [-0.39, 0.29) is 10.8 Å². The Kier molecular flexibility index (Phi) is 5.48. The number of rotatable bonds is 3. The Morgan fingerprint density at radius 2 is 1.07 bits per heavy atom. The third-order valence-corrected chi connectivity index (χ3v) is 9.36. The number of nitrogens with zero attached hydrogens (tertiary/aromatic N) is 3. The molecule has 0 amide bonds. The van der Waals surface area contributed by atoms with Crippen LogP contribution >= 0.6 is 0 Å². The number of fused-ring (bicyclic) bond motifs is 6. The predicted octanol–water partition coefficient (Wildman–Crippen LogP) is 10.1. The van der Waals surface area contributed by atoms with Gasteiger partial charge < -0.3 is 4.42 Å². The molecule has 0 radical (unpaired) electrons. The van der Waals surface area contributed by atoms with Crippen LogP contribution < -0.4 is 0 Å². The van der Waals surface area contributed by atoms with Crippen LogP contribution in [0.3, 0.4) is 0 Å². The van der Waals surface area contributed by atoms with Crippen LogP contribution in [-0.4, -0.2) is 15.0 Å². The zero-order valence-corrected chi connectivity index (χ0v) is 24.7. The topological polar surface area (TPSA) is 51.8 Å². The molecule has 0 aliphatic heterocycles. The smallest absolute Gasteiger partial charge is 0.164 e. The minimum atomic E-state index is -0.122. The molecular formula is C39H31N3O. The number of aromatic nitrogens is 3. The number of benzene rings is 5. The maximum atomic E-state index is 6.57. The second kappa shape index (κ2) is 9.20. The Morgan fingerprint density at radius 1 is 0.512 bits per heavy atom. The first kappa shape index (κ1) is 25.6. The molecule has 1 aliphatic carbocycles. The van der Waals surface area contributed by atoms with Gasteiger partial charge in [-0.05, 0) is 51.9 Å². The van der Waals surface area contributed by atoms with E-state index in [0.717, 1.165) is 38.6 Å². The number of hydrogen-bond acceptors (Lipinski definition) is 4. The van der Waals surface area contributed by atoms with E-state index in [1.807, 2.05) is 60.7 Å². The summed E-state index contributed by atoms with van der Waals surface area (Å²) in [6, 6.07) is 39.8. The highest BCUT2D eigenvalue weighted by Gasteiger charge is 2.47. The van der Waals surface area contributed by atoms with Crippen molar-refractivity contribution in [2.24, 2.45) is 5.41 Å². The summed E-state index contributed by atoms with van der Waals surface area (Å²) in [6.45, 7) is 9.40. The molecule has 4 nitrogen and oxygen atoms in total. The van der Waals surface area contributed by atoms with Gasteiger partial charge in [0.1, 0.15) is 11.2 Å². The van der Waals surface area contributed by atoms with E-state index in [9.17, 15) is 0 Å². The molecule has 4 heteroatoms. The van der Waals surface area contributed by atoms with E-state index in [1.54, 1.807) is 0 Å². The summed E-state index contributed by atoms with van der Waals surface area (Å²) in [5.74, 6) is 1.91. The first-order valence-corrected chi connectivity index (χ1v) is 14.8. The van der Waals surface area contributed by atoms with Gasteiger partial charge >= 0.3 is 0 Å². The van der Waals surface area contributed by atoms with Gasteiger partial charge in [-0.15, -0.1) is 0 Å². The van der Waals surface area contributed by atoms with Crippen molar-refractivity contribution in [1.82, 2.24) is 15.0 Å². The summed E-state index contributed by atoms with van der Waals surface area (Å²) in [4.78, 5) is 14.7. The molecule has 5 aromatic carbocycles. The molecule has 0 saturated carbocycles. The fourth-order valence-corrected chi connectivity index (χ4v) is 6.64. The molecule has 43 heavy (non-hydrogen) atoms. The molecule has 8 rings (SSSR count). The summed E-state index contributed by atoms with van der Waals surface area (Å²) in [5.41, 5.74) is 9.71. The van der Waals surface area contributed by atoms with Crippen molar-refractivity contribution in [3.05, 3.63) is 126 Å². The third kappa shape index (κ3) is 3.86.